The van der Waals surface area contributed by atoms with Crippen LogP contribution in [0, 0.1) is 5.92 Å². The SMILES string of the molecule is CC(C)Cc1ccc(O)c(CCc2ccccc2O)c1. The molecular weight excluding hydrogens is 248 g/mol. The van der Waals surface area contributed by atoms with Gasteiger partial charge >= 0.3 is 0 Å². The van der Waals surface area contributed by atoms with Crippen molar-refractivity contribution in [3.05, 3.63) is 59.2 Å². The Morgan fingerprint density at radius 1 is 0.850 bits per heavy atom. The molecule has 0 radical (unpaired) electrons. The molecule has 2 rings (SSSR count). The first kappa shape index (κ1) is 14.4. The average molecular weight is 270 g/mol. The van der Waals surface area contributed by atoms with Crippen molar-refractivity contribution in [3.8, 4) is 11.5 Å². The molecule has 20 heavy (non-hydrogen) atoms. The predicted molar refractivity (Wildman–Crippen MR) is 82.2 cm³/mol. The van der Waals surface area contributed by atoms with Gasteiger partial charge in [-0.2, -0.15) is 0 Å². The number of aromatic hydroxyl groups is 2. The van der Waals surface area contributed by atoms with Gasteiger partial charge in [-0.3, -0.25) is 0 Å². The van der Waals surface area contributed by atoms with Gasteiger partial charge in [0.15, 0.2) is 0 Å². The fourth-order valence-electron chi connectivity index (χ4n) is 2.43. The van der Waals surface area contributed by atoms with Crippen molar-refractivity contribution in [2.45, 2.75) is 33.1 Å². The number of aryl methyl sites for hydroxylation is 2. The van der Waals surface area contributed by atoms with Crippen LogP contribution in [-0.4, -0.2) is 10.2 Å². The normalized spacial score (nSPS) is 10.9. The van der Waals surface area contributed by atoms with E-state index in [1.807, 2.05) is 24.3 Å². The van der Waals surface area contributed by atoms with E-state index in [4.69, 9.17) is 0 Å². The Morgan fingerprint density at radius 2 is 1.50 bits per heavy atom. The molecule has 2 nitrogen and oxygen atoms in total. The van der Waals surface area contributed by atoms with Crippen molar-refractivity contribution in [3.63, 3.8) is 0 Å². The van der Waals surface area contributed by atoms with E-state index in [-0.39, 0.29) is 0 Å². The number of para-hydroxylation sites is 1. The van der Waals surface area contributed by atoms with Crippen LogP contribution in [0.2, 0.25) is 0 Å². The lowest BCUT2D eigenvalue weighted by Gasteiger charge is -2.10. The zero-order chi connectivity index (χ0) is 14.5. The summed E-state index contributed by atoms with van der Waals surface area (Å²) in [6.45, 7) is 4.38. The molecule has 0 aliphatic carbocycles. The second-order valence-electron chi connectivity index (χ2n) is 5.69. The Hall–Kier alpha value is -1.96. The Labute approximate surface area is 120 Å². The lowest BCUT2D eigenvalue weighted by molar-refractivity contribution is 0.462. The minimum absolute atomic E-state index is 0.324. The Bertz CT molecular complexity index is 573. The quantitative estimate of drug-likeness (QED) is 0.859. The van der Waals surface area contributed by atoms with Crippen molar-refractivity contribution in [1.82, 2.24) is 0 Å². The monoisotopic (exact) mass is 270 g/mol. The fourth-order valence-corrected chi connectivity index (χ4v) is 2.43. The Kier molecular flexibility index (Phi) is 4.67. The van der Waals surface area contributed by atoms with Crippen LogP contribution in [0.1, 0.15) is 30.5 Å². The maximum atomic E-state index is 9.95. The highest BCUT2D eigenvalue weighted by Crippen LogP contribution is 2.24. The molecule has 106 valence electrons. The highest BCUT2D eigenvalue weighted by Gasteiger charge is 2.06. The van der Waals surface area contributed by atoms with Gasteiger partial charge in [0.1, 0.15) is 11.5 Å². The summed E-state index contributed by atoms with van der Waals surface area (Å²) in [6, 6.07) is 13.2. The molecule has 2 aromatic carbocycles. The van der Waals surface area contributed by atoms with Gasteiger partial charge in [0.25, 0.3) is 0 Å². The van der Waals surface area contributed by atoms with E-state index in [9.17, 15) is 10.2 Å². The molecule has 0 unspecified atom stereocenters. The zero-order valence-corrected chi connectivity index (χ0v) is 12.1. The molecule has 2 N–H and O–H groups in total. The lowest BCUT2D eigenvalue weighted by Crippen LogP contribution is -1.97. The highest BCUT2D eigenvalue weighted by atomic mass is 16.3. The van der Waals surface area contributed by atoms with Gasteiger partial charge in [-0.25, -0.2) is 0 Å². The standard InChI is InChI=1S/C18H22O2/c1-13(2)11-14-7-10-18(20)16(12-14)9-8-15-5-3-4-6-17(15)19/h3-7,10,12-13,19-20H,8-9,11H2,1-2H3. The van der Waals surface area contributed by atoms with Crippen molar-refractivity contribution in [1.29, 1.82) is 0 Å². The maximum Gasteiger partial charge on any atom is 0.118 e. The number of phenols is 2. The zero-order valence-electron chi connectivity index (χ0n) is 12.1. The van der Waals surface area contributed by atoms with Crippen molar-refractivity contribution in [2.75, 3.05) is 0 Å². The molecule has 0 aromatic heterocycles. The van der Waals surface area contributed by atoms with E-state index in [2.05, 4.69) is 19.9 Å². The molecule has 0 aliphatic rings. The van der Waals surface area contributed by atoms with Crippen LogP contribution in [0.15, 0.2) is 42.5 Å². The fraction of sp³-hybridized carbons (Fsp3) is 0.333. The molecule has 0 fully saturated rings. The smallest absolute Gasteiger partial charge is 0.118 e. The first-order valence-electron chi connectivity index (χ1n) is 7.14. The number of hydrogen-bond acceptors (Lipinski definition) is 2. The third kappa shape index (κ3) is 3.77. The summed E-state index contributed by atoms with van der Waals surface area (Å²) in [5, 5.41) is 19.7. The summed E-state index contributed by atoms with van der Waals surface area (Å²) in [5.74, 6) is 1.27. The molecule has 0 spiro atoms. The molecule has 0 atom stereocenters. The van der Waals surface area contributed by atoms with Crippen LogP contribution in [-0.2, 0) is 19.3 Å². The maximum absolute atomic E-state index is 9.95. The van der Waals surface area contributed by atoms with Crippen LogP contribution < -0.4 is 0 Å². The molecule has 0 aliphatic heterocycles. The molecule has 0 saturated heterocycles. The van der Waals surface area contributed by atoms with Crippen LogP contribution in [0.25, 0.3) is 0 Å². The van der Waals surface area contributed by atoms with Gasteiger partial charge in [0, 0.05) is 0 Å². The largest absolute Gasteiger partial charge is 0.508 e. The van der Waals surface area contributed by atoms with Gasteiger partial charge in [0.2, 0.25) is 0 Å². The first-order valence-corrected chi connectivity index (χ1v) is 7.14. The van der Waals surface area contributed by atoms with Crippen LogP contribution in [0.5, 0.6) is 11.5 Å². The summed E-state index contributed by atoms with van der Waals surface area (Å²) in [7, 11) is 0. The Morgan fingerprint density at radius 3 is 2.20 bits per heavy atom. The van der Waals surface area contributed by atoms with E-state index in [1.165, 1.54) is 5.56 Å². The molecule has 2 aromatic rings. The molecular formula is C18H22O2. The van der Waals surface area contributed by atoms with E-state index in [0.717, 1.165) is 30.4 Å². The minimum Gasteiger partial charge on any atom is -0.508 e. The third-order valence-corrected chi connectivity index (χ3v) is 3.44. The number of hydrogen-bond donors (Lipinski definition) is 2. The predicted octanol–water partition coefficient (Wildman–Crippen LogP) is 4.08. The topological polar surface area (TPSA) is 40.5 Å². The second-order valence-corrected chi connectivity index (χ2v) is 5.69. The highest BCUT2D eigenvalue weighted by molar-refractivity contribution is 5.38. The minimum atomic E-state index is 0.324. The number of benzene rings is 2. The summed E-state index contributed by atoms with van der Waals surface area (Å²) in [6.07, 6.45) is 2.48. The first-order chi connectivity index (χ1) is 9.56. The van der Waals surface area contributed by atoms with Gasteiger partial charge in [-0.1, -0.05) is 44.2 Å². The van der Waals surface area contributed by atoms with Gasteiger partial charge in [-0.05, 0) is 54.0 Å². The van der Waals surface area contributed by atoms with Crippen molar-refractivity contribution >= 4 is 0 Å². The third-order valence-electron chi connectivity index (χ3n) is 3.44. The summed E-state index contributed by atoms with van der Waals surface area (Å²) < 4.78 is 0. The average Bonchev–Trinajstić information content (AvgIpc) is 2.40. The molecule has 0 heterocycles. The van der Waals surface area contributed by atoms with Crippen LogP contribution >= 0.6 is 0 Å². The lowest BCUT2D eigenvalue weighted by atomic mass is 9.97. The van der Waals surface area contributed by atoms with Gasteiger partial charge < -0.3 is 10.2 Å². The second kappa shape index (κ2) is 6.47. The summed E-state index contributed by atoms with van der Waals surface area (Å²) in [4.78, 5) is 0. The van der Waals surface area contributed by atoms with E-state index >= 15 is 0 Å². The van der Waals surface area contributed by atoms with Crippen molar-refractivity contribution in [2.24, 2.45) is 5.92 Å². The van der Waals surface area contributed by atoms with Gasteiger partial charge in [-0.15, -0.1) is 0 Å². The van der Waals surface area contributed by atoms with Crippen LogP contribution in [0.3, 0.4) is 0 Å². The summed E-state index contributed by atoms with van der Waals surface area (Å²) in [5.41, 5.74) is 3.12. The van der Waals surface area contributed by atoms with Crippen molar-refractivity contribution < 1.29 is 10.2 Å². The van der Waals surface area contributed by atoms with Gasteiger partial charge in [0.05, 0.1) is 0 Å². The molecule has 0 bridgehead atoms. The number of rotatable bonds is 5. The summed E-state index contributed by atoms with van der Waals surface area (Å²) >= 11 is 0. The molecule has 0 amide bonds. The van der Waals surface area contributed by atoms with Crippen LogP contribution in [0.4, 0.5) is 0 Å². The van der Waals surface area contributed by atoms with E-state index < -0.39 is 0 Å². The van der Waals surface area contributed by atoms with E-state index in [0.29, 0.717) is 17.4 Å². The molecule has 0 saturated carbocycles. The van der Waals surface area contributed by atoms with E-state index in [1.54, 1.807) is 12.1 Å². The Balaban J connectivity index is 2.11. The molecule has 2 heteroatoms. The number of phenolic OH excluding ortho intramolecular Hbond substituents is 2.